The minimum atomic E-state index is -0.597. The van der Waals surface area contributed by atoms with E-state index in [0.29, 0.717) is 27.7 Å². The summed E-state index contributed by atoms with van der Waals surface area (Å²) in [6, 6.07) is 5.69. The molecule has 1 atom stereocenters. The first-order valence-corrected chi connectivity index (χ1v) is 10.3. The predicted octanol–water partition coefficient (Wildman–Crippen LogP) is 3.01. The third-order valence-electron chi connectivity index (χ3n) is 5.11. The molecular weight excluding hydrogens is 408 g/mol. The maximum absolute atomic E-state index is 12.6. The monoisotopic (exact) mass is 428 g/mol. The van der Waals surface area contributed by atoms with E-state index < -0.39 is 16.9 Å². The molecule has 1 fully saturated rings. The second-order valence-electron chi connectivity index (χ2n) is 7.25. The lowest BCUT2D eigenvalue weighted by Gasteiger charge is -2.36. The number of hydrogen-bond donors (Lipinski definition) is 1. The second kappa shape index (κ2) is 7.94. The van der Waals surface area contributed by atoms with Crippen LogP contribution in [0.5, 0.6) is 0 Å². The number of fused-ring (bicyclic) bond motifs is 1. The van der Waals surface area contributed by atoms with Crippen LogP contribution in [0.15, 0.2) is 51.6 Å². The molecule has 0 radical (unpaired) electrons. The Balaban J connectivity index is 1.71. The highest BCUT2D eigenvalue weighted by atomic mass is 32.2. The molecule has 0 unspecified atom stereocenters. The number of amidine groups is 1. The van der Waals surface area contributed by atoms with Gasteiger partial charge in [0.05, 0.1) is 35.8 Å². The van der Waals surface area contributed by atoms with Crippen molar-refractivity contribution in [2.45, 2.75) is 38.3 Å². The van der Waals surface area contributed by atoms with Gasteiger partial charge in [0.1, 0.15) is 0 Å². The van der Waals surface area contributed by atoms with Crippen molar-refractivity contribution in [1.29, 1.82) is 0 Å². The van der Waals surface area contributed by atoms with E-state index in [0.717, 1.165) is 12.8 Å². The van der Waals surface area contributed by atoms with Crippen LogP contribution in [0, 0.1) is 10.1 Å². The normalized spacial score (nSPS) is 20.3. The third-order valence-corrected chi connectivity index (χ3v) is 6.00. The molecule has 0 aromatic heterocycles. The Morgan fingerprint density at radius 2 is 2.03 bits per heavy atom. The van der Waals surface area contributed by atoms with Gasteiger partial charge in [-0.15, -0.1) is 0 Å². The van der Waals surface area contributed by atoms with E-state index in [-0.39, 0.29) is 24.1 Å². The second-order valence-corrected chi connectivity index (χ2v) is 8.09. The first kappa shape index (κ1) is 20.1. The molecule has 1 amide bonds. The van der Waals surface area contributed by atoms with Gasteiger partial charge in [-0.2, -0.15) is 0 Å². The zero-order valence-corrected chi connectivity index (χ0v) is 17.3. The number of amides is 1. The number of hydrogen-bond acceptors (Lipinski definition) is 8. The quantitative estimate of drug-likeness (QED) is 0.421. The van der Waals surface area contributed by atoms with Gasteiger partial charge < -0.3 is 15.0 Å². The van der Waals surface area contributed by atoms with Crippen LogP contribution in [0.2, 0.25) is 0 Å². The molecule has 3 aliphatic rings. The molecule has 156 valence electrons. The third kappa shape index (κ3) is 3.82. The standard InChI is InChI=1S/C20H20N4O5S/c1-11-17(19(26)29-2)18(12-3-7-14(8-4-12)24(27)28)23-15(10-30-20(23)21-11)9-16(25)22-13-5-6-13/h3-4,7-8,10,13,18H,5-6,9H2,1-2H3,(H,22,25)/t18-/m0/s1. The number of carbonyl (C=O) groups is 2. The van der Waals surface area contributed by atoms with Gasteiger partial charge in [-0.25, -0.2) is 9.79 Å². The molecule has 2 heterocycles. The van der Waals surface area contributed by atoms with E-state index in [1.54, 1.807) is 19.1 Å². The fourth-order valence-electron chi connectivity index (χ4n) is 3.51. The molecule has 1 aromatic carbocycles. The number of nitro groups is 1. The lowest BCUT2D eigenvalue weighted by atomic mass is 9.93. The molecule has 1 saturated carbocycles. The number of non-ortho nitro benzene ring substituents is 1. The van der Waals surface area contributed by atoms with Crippen molar-refractivity contribution in [2.24, 2.45) is 4.99 Å². The molecule has 2 aliphatic heterocycles. The predicted molar refractivity (Wildman–Crippen MR) is 111 cm³/mol. The minimum absolute atomic E-state index is 0.0425. The molecule has 0 spiro atoms. The summed E-state index contributed by atoms with van der Waals surface area (Å²) in [5.41, 5.74) is 2.20. The summed E-state index contributed by atoms with van der Waals surface area (Å²) in [6.45, 7) is 1.73. The van der Waals surface area contributed by atoms with Gasteiger partial charge in [0.25, 0.3) is 5.69 Å². The number of benzene rings is 1. The summed E-state index contributed by atoms with van der Waals surface area (Å²) in [4.78, 5) is 42.0. The maximum atomic E-state index is 12.6. The first-order valence-electron chi connectivity index (χ1n) is 9.45. The first-order chi connectivity index (χ1) is 14.4. The smallest absolute Gasteiger partial charge is 0.338 e. The number of allylic oxidation sites excluding steroid dienone is 1. The van der Waals surface area contributed by atoms with Gasteiger partial charge in [0, 0.05) is 23.9 Å². The van der Waals surface area contributed by atoms with Crippen molar-refractivity contribution < 1.29 is 19.2 Å². The maximum Gasteiger partial charge on any atom is 0.338 e. The van der Waals surface area contributed by atoms with Gasteiger partial charge in [0.2, 0.25) is 5.91 Å². The molecule has 0 saturated heterocycles. The van der Waals surface area contributed by atoms with Crippen molar-refractivity contribution in [3.05, 3.63) is 62.3 Å². The highest BCUT2D eigenvalue weighted by Crippen LogP contribution is 2.45. The fraction of sp³-hybridized carbons (Fsp3) is 0.350. The molecule has 0 bridgehead atoms. The summed E-state index contributed by atoms with van der Waals surface area (Å²) >= 11 is 1.38. The van der Waals surface area contributed by atoms with Crippen molar-refractivity contribution in [3.63, 3.8) is 0 Å². The van der Waals surface area contributed by atoms with Crippen LogP contribution in [0.1, 0.15) is 37.8 Å². The number of esters is 1. The van der Waals surface area contributed by atoms with Crippen molar-refractivity contribution in [1.82, 2.24) is 10.2 Å². The Kier molecular flexibility index (Phi) is 5.33. The molecule has 10 heteroatoms. The van der Waals surface area contributed by atoms with E-state index in [1.165, 1.54) is 31.0 Å². The van der Waals surface area contributed by atoms with E-state index in [4.69, 9.17) is 4.74 Å². The number of ether oxygens (including phenoxy) is 1. The summed E-state index contributed by atoms with van der Waals surface area (Å²) in [7, 11) is 1.30. The Morgan fingerprint density at radius 1 is 1.33 bits per heavy atom. The average Bonchev–Trinajstić information content (AvgIpc) is 3.45. The fourth-order valence-corrected chi connectivity index (χ4v) is 4.47. The number of thioether (sulfide) groups is 1. The topological polar surface area (TPSA) is 114 Å². The zero-order chi connectivity index (χ0) is 21.4. The number of rotatable bonds is 6. The number of aliphatic imine (C=N–C) groups is 1. The molecule has 1 N–H and O–H groups in total. The Bertz CT molecular complexity index is 1010. The minimum Gasteiger partial charge on any atom is -0.466 e. The number of carbonyl (C=O) groups excluding carboxylic acids is 2. The van der Waals surface area contributed by atoms with E-state index in [1.807, 2.05) is 10.3 Å². The van der Waals surface area contributed by atoms with Crippen LogP contribution in [-0.2, 0) is 14.3 Å². The van der Waals surface area contributed by atoms with Crippen LogP contribution in [0.25, 0.3) is 0 Å². The van der Waals surface area contributed by atoms with Crippen molar-refractivity contribution in [3.8, 4) is 0 Å². The van der Waals surface area contributed by atoms with Gasteiger partial charge in [-0.3, -0.25) is 14.9 Å². The van der Waals surface area contributed by atoms with Gasteiger partial charge >= 0.3 is 5.97 Å². The summed E-state index contributed by atoms with van der Waals surface area (Å²) < 4.78 is 4.99. The van der Waals surface area contributed by atoms with Crippen LogP contribution in [0.4, 0.5) is 5.69 Å². The summed E-state index contributed by atoms with van der Waals surface area (Å²) in [5, 5.41) is 16.5. The Morgan fingerprint density at radius 3 is 2.63 bits per heavy atom. The largest absolute Gasteiger partial charge is 0.466 e. The lowest BCUT2D eigenvalue weighted by Crippen LogP contribution is -2.38. The van der Waals surface area contributed by atoms with E-state index in [2.05, 4.69) is 10.3 Å². The molecular formula is C20H20N4O5S. The molecule has 1 aromatic rings. The van der Waals surface area contributed by atoms with Gasteiger partial charge in [-0.05, 0) is 42.9 Å². The summed E-state index contributed by atoms with van der Waals surface area (Å²) in [6.07, 6.45) is 2.14. The van der Waals surface area contributed by atoms with E-state index in [9.17, 15) is 19.7 Å². The molecule has 4 rings (SSSR count). The number of methoxy groups -OCH3 is 1. The molecule has 9 nitrogen and oxygen atoms in total. The SMILES string of the molecule is COC(=O)C1=C(C)N=C2SC=C(CC(=O)NC3CC3)N2[C@H]1c1ccc([N+](=O)[O-])cc1. The van der Waals surface area contributed by atoms with Crippen molar-refractivity contribution >= 4 is 34.5 Å². The Hall–Kier alpha value is -3.14. The summed E-state index contributed by atoms with van der Waals surface area (Å²) in [5.74, 6) is -0.615. The Labute approximate surface area is 177 Å². The van der Waals surface area contributed by atoms with Gasteiger partial charge in [-0.1, -0.05) is 11.8 Å². The number of nitrogens with zero attached hydrogens (tertiary/aromatic N) is 3. The van der Waals surface area contributed by atoms with Crippen LogP contribution in [0.3, 0.4) is 0 Å². The zero-order valence-electron chi connectivity index (χ0n) is 16.5. The van der Waals surface area contributed by atoms with Crippen LogP contribution in [-0.4, -0.2) is 40.0 Å². The average molecular weight is 428 g/mol. The van der Waals surface area contributed by atoms with E-state index >= 15 is 0 Å². The molecule has 30 heavy (non-hydrogen) atoms. The highest BCUT2D eigenvalue weighted by molar-refractivity contribution is 8.16. The van der Waals surface area contributed by atoms with Gasteiger partial charge in [0.15, 0.2) is 5.17 Å². The van der Waals surface area contributed by atoms with Crippen LogP contribution >= 0.6 is 11.8 Å². The molecule has 1 aliphatic carbocycles. The van der Waals surface area contributed by atoms with Crippen molar-refractivity contribution in [2.75, 3.05) is 7.11 Å². The number of nitro benzene ring substituents is 1. The lowest BCUT2D eigenvalue weighted by molar-refractivity contribution is -0.384. The highest BCUT2D eigenvalue weighted by Gasteiger charge is 2.41. The van der Waals surface area contributed by atoms with Crippen LogP contribution < -0.4 is 5.32 Å². The number of nitrogens with one attached hydrogen (secondary N) is 1.